The summed E-state index contributed by atoms with van der Waals surface area (Å²) in [6.45, 7) is 3.57. The van der Waals surface area contributed by atoms with Crippen molar-refractivity contribution in [1.82, 2.24) is 5.32 Å². The second-order valence-corrected chi connectivity index (χ2v) is 1.93. The summed E-state index contributed by atoms with van der Waals surface area (Å²) >= 11 is 0. The summed E-state index contributed by atoms with van der Waals surface area (Å²) in [6.07, 6.45) is 0. The van der Waals surface area contributed by atoms with Crippen LogP contribution < -0.4 is 5.32 Å². The van der Waals surface area contributed by atoms with Crippen molar-refractivity contribution >= 4 is 11.9 Å². The Labute approximate surface area is 72.8 Å². The molecule has 1 N–H and O–H groups in total. The molecule has 4 nitrogen and oxygen atoms in total. The van der Waals surface area contributed by atoms with Gasteiger partial charge < -0.3 is 10.1 Å². The molecule has 0 aromatic carbocycles. The number of rotatable bonds is 2. The van der Waals surface area contributed by atoms with Gasteiger partial charge in [-0.1, -0.05) is 5.92 Å². The lowest BCUT2D eigenvalue weighted by Crippen LogP contribution is -2.19. The molecular formula is C8H13NO3. The van der Waals surface area contributed by atoms with E-state index in [-0.39, 0.29) is 13.9 Å². The first-order valence-electron chi connectivity index (χ1n) is 3.57. The summed E-state index contributed by atoms with van der Waals surface area (Å²) in [5, 5.41) is 2.42. The zero-order chi connectivity index (χ0) is 9.40. The Hall–Kier alpha value is -1.50. The molecule has 0 saturated carbocycles. The average Bonchev–Trinajstić information content (AvgIpc) is 1.98. The Morgan fingerprint density at radius 1 is 1.58 bits per heavy atom. The molecule has 4 heteroatoms. The number of carbonyl (C=O) groups excluding carboxylic acids is 2. The van der Waals surface area contributed by atoms with E-state index in [1.807, 2.05) is 0 Å². The van der Waals surface area contributed by atoms with Gasteiger partial charge in [-0.25, -0.2) is 4.79 Å². The fourth-order valence-electron chi connectivity index (χ4n) is 0.452. The average molecular weight is 171 g/mol. The molecule has 68 valence electrons. The van der Waals surface area contributed by atoms with E-state index in [2.05, 4.69) is 21.9 Å². The first-order chi connectivity index (χ1) is 5.66. The van der Waals surface area contributed by atoms with Gasteiger partial charge in [-0.05, 0) is 6.92 Å². The molecule has 0 atom stereocenters. The van der Waals surface area contributed by atoms with Crippen LogP contribution in [0.4, 0.5) is 0 Å². The molecule has 0 saturated heterocycles. The molecule has 0 spiro atoms. The number of amides is 1. The van der Waals surface area contributed by atoms with Crippen LogP contribution >= 0.6 is 0 Å². The van der Waals surface area contributed by atoms with Gasteiger partial charge in [0.15, 0.2) is 0 Å². The molecule has 0 bridgehead atoms. The van der Waals surface area contributed by atoms with E-state index in [0.29, 0.717) is 6.61 Å². The fourth-order valence-corrected chi connectivity index (χ4v) is 0.452. The van der Waals surface area contributed by atoms with Crippen molar-refractivity contribution in [2.24, 2.45) is 0 Å². The molecule has 0 aromatic rings. The first-order valence-corrected chi connectivity index (χ1v) is 3.57. The molecule has 0 heterocycles. The van der Waals surface area contributed by atoms with Crippen molar-refractivity contribution in [2.75, 3.05) is 13.2 Å². The lowest BCUT2D eigenvalue weighted by molar-refractivity contribution is -0.136. The second-order valence-electron chi connectivity index (χ2n) is 1.93. The number of hydrogen-bond donors (Lipinski definition) is 1. The molecule has 0 aromatic heterocycles. The van der Waals surface area contributed by atoms with E-state index in [1.54, 1.807) is 6.92 Å². The van der Waals surface area contributed by atoms with Gasteiger partial charge in [0.1, 0.15) is 0 Å². The van der Waals surface area contributed by atoms with Gasteiger partial charge in [-0.15, -0.1) is 0 Å². The van der Waals surface area contributed by atoms with Crippen LogP contribution in [-0.2, 0) is 14.3 Å². The van der Waals surface area contributed by atoms with Crippen LogP contribution in [-0.4, -0.2) is 25.0 Å². The third-order valence-electron chi connectivity index (χ3n) is 0.892. The van der Waals surface area contributed by atoms with E-state index in [0.717, 1.165) is 0 Å². The second kappa shape index (κ2) is 6.23. The van der Waals surface area contributed by atoms with Crippen LogP contribution in [0.2, 0.25) is 0 Å². The van der Waals surface area contributed by atoms with Crippen molar-refractivity contribution in [3.05, 3.63) is 0 Å². The molecule has 0 aliphatic heterocycles. The van der Waals surface area contributed by atoms with Gasteiger partial charge in [-0.2, -0.15) is 0 Å². The molecule has 12 heavy (non-hydrogen) atoms. The van der Waals surface area contributed by atoms with Crippen LogP contribution in [0.1, 0.15) is 15.3 Å². The Bertz CT molecular complexity index is 229. The maximum Gasteiger partial charge on any atom is 0.384 e. The van der Waals surface area contributed by atoms with Crippen molar-refractivity contribution in [3.8, 4) is 11.8 Å². The minimum Gasteiger partial charge on any atom is -0.456 e. The zero-order valence-corrected chi connectivity index (χ0v) is 7.14. The highest BCUT2D eigenvalue weighted by Gasteiger charge is 1.91. The van der Waals surface area contributed by atoms with Crippen molar-refractivity contribution in [1.29, 1.82) is 0 Å². The number of hydrogen-bond acceptors (Lipinski definition) is 3. The topological polar surface area (TPSA) is 55.4 Å². The zero-order valence-electron chi connectivity index (χ0n) is 7.14. The van der Waals surface area contributed by atoms with Crippen LogP contribution in [0.25, 0.3) is 0 Å². The van der Waals surface area contributed by atoms with Crippen molar-refractivity contribution in [2.45, 2.75) is 13.8 Å². The number of ether oxygens (including phenoxy) is 1. The normalized spacial score (nSPS) is 7.83. The van der Waals surface area contributed by atoms with Crippen LogP contribution in [0, 0.1) is 11.8 Å². The summed E-state index contributed by atoms with van der Waals surface area (Å²) in [6, 6.07) is 0. The quantitative estimate of drug-likeness (QED) is 0.359. The van der Waals surface area contributed by atoms with E-state index in [9.17, 15) is 9.59 Å². The molecule has 0 aliphatic carbocycles. The van der Waals surface area contributed by atoms with Crippen LogP contribution in [0.15, 0.2) is 0 Å². The van der Waals surface area contributed by atoms with Crippen LogP contribution in [0.3, 0.4) is 0 Å². The monoisotopic (exact) mass is 171 g/mol. The Morgan fingerprint density at radius 3 is 2.75 bits per heavy atom. The Balaban J connectivity index is 0. The highest BCUT2D eigenvalue weighted by molar-refractivity contribution is 5.88. The summed E-state index contributed by atoms with van der Waals surface area (Å²) in [7, 11) is 0. The van der Waals surface area contributed by atoms with Crippen molar-refractivity contribution in [3.63, 3.8) is 0 Å². The van der Waals surface area contributed by atoms with Gasteiger partial charge in [0.2, 0.25) is 5.91 Å². The smallest absolute Gasteiger partial charge is 0.384 e. The van der Waals surface area contributed by atoms with Crippen molar-refractivity contribution < 1.29 is 15.8 Å². The molecule has 0 fully saturated rings. The number of nitrogens with one attached hydrogen (secondary N) is 1. The van der Waals surface area contributed by atoms with E-state index in [4.69, 9.17) is 0 Å². The number of carbonyl (C=O) groups is 2. The summed E-state index contributed by atoms with van der Waals surface area (Å²) < 4.78 is 4.52. The molecule has 0 unspecified atom stereocenters. The Kier molecular flexibility index (Phi) is 5.45. The largest absolute Gasteiger partial charge is 0.456 e. The molecule has 0 radical (unpaired) electrons. The van der Waals surface area contributed by atoms with Gasteiger partial charge >= 0.3 is 5.97 Å². The maximum absolute atomic E-state index is 10.6. The fraction of sp³-hybridized carbons (Fsp3) is 0.500. The van der Waals surface area contributed by atoms with Crippen LogP contribution in [0.5, 0.6) is 0 Å². The minimum atomic E-state index is -0.567. The summed E-state index contributed by atoms with van der Waals surface area (Å²) in [5.74, 6) is 3.92. The van der Waals surface area contributed by atoms with Gasteiger partial charge in [0.25, 0.3) is 0 Å². The van der Waals surface area contributed by atoms with Gasteiger partial charge in [-0.3, -0.25) is 4.79 Å². The van der Waals surface area contributed by atoms with Gasteiger partial charge in [0, 0.05) is 14.3 Å². The van der Waals surface area contributed by atoms with E-state index in [1.165, 1.54) is 6.92 Å². The first kappa shape index (κ1) is 10.5. The molecule has 0 rings (SSSR count). The van der Waals surface area contributed by atoms with E-state index < -0.39 is 5.97 Å². The summed E-state index contributed by atoms with van der Waals surface area (Å²) in [4.78, 5) is 20.9. The SMILES string of the molecule is CCOC(=O)C#CCNC(C)=O.[HH]. The van der Waals surface area contributed by atoms with Gasteiger partial charge in [0.05, 0.1) is 13.2 Å². The highest BCUT2D eigenvalue weighted by Crippen LogP contribution is 1.72. The third kappa shape index (κ3) is 6.62. The predicted octanol–water partition coefficient (Wildman–Crippen LogP) is -0.0650. The molecule has 0 aliphatic rings. The lowest BCUT2D eigenvalue weighted by Gasteiger charge is -1.92. The lowest BCUT2D eigenvalue weighted by atomic mass is 10.5. The minimum absolute atomic E-state index is 0. The predicted molar refractivity (Wildman–Crippen MR) is 45.2 cm³/mol. The van der Waals surface area contributed by atoms with E-state index >= 15 is 0 Å². The summed E-state index contributed by atoms with van der Waals surface area (Å²) in [5.41, 5.74) is 0. The molecule has 1 amide bonds. The standard InChI is InChI=1S/C8H11NO3.H2/c1-3-12-8(11)5-4-6-9-7(2)10;/h3,6H2,1-2H3,(H,9,10);1H. The maximum atomic E-state index is 10.6. The number of esters is 1. The third-order valence-corrected chi connectivity index (χ3v) is 0.892. The molecular weight excluding hydrogens is 158 g/mol. The Morgan fingerprint density at radius 2 is 2.25 bits per heavy atom. The highest BCUT2D eigenvalue weighted by atomic mass is 16.5.